The lowest BCUT2D eigenvalue weighted by molar-refractivity contribution is -0.0559. The van der Waals surface area contributed by atoms with Crippen molar-refractivity contribution in [2.75, 3.05) is 0 Å². The molecule has 0 saturated heterocycles. The Hall–Kier alpha value is -0.890. The molecule has 0 aliphatic heterocycles. The van der Waals surface area contributed by atoms with Crippen molar-refractivity contribution >= 4 is 0 Å². The third-order valence-corrected chi connectivity index (χ3v) is 3.85. The van der Waals surface area contributed by atoms with Crippen molar-refractivity contribution in [3.8, 4) is 0 Å². The van der Waals surface area contributed by atoms with Gasteiger partial charge in [-0.1, -0.05) is 38.3 Å². The summed E-state index contributed by atoms with van der Waals surface area (Å²) >= 11 is 0. The molecule has 0 aromatic heterocycles. The smallest absolute Gasteiger partial charge is 0.123 e. The summed E-state index contributed by atoms with van der Waals surface area (Å²) in [5.41, 5.74) is -0.0613. The Labute approximate surface area is 96.3 Å². The lowest BCUT2D eigenvalue weighted by Crippen LogP contribution is -2.37. The lowest BCUT2D eigenvalue weighted by Gasteiger charge is -2.40. The van der Waals surface area contributed by atoms with Gasteiger partial charge in [0.25, 0.3) is 0 Å². The summed E-state index contributed by atoms with van der Waals surface area (Å²) < 4.78 is 13.2. The molecule has 0 heterocycles. The molecule has 1 saturated carbocycles. The molecule has 1 aliphatic rings. The molecular weight excluding hydrogens is 203 g/mol. The lowest BCUT2D eigenvalue weighted by atomic mass is 9.70. The van der Waals surface area contributed by atoms with Gasteiger partial charge < -0.3 is 5.11 Å². The predicted octanol–water partition coefficient (Wildman–Crippen LogP) is 3.61. The normalized spacial score (nSPS) is 30.3. The van der Waals surface area contributed by atoms with Crippen molar-refractivity contribution in [1.82, 2.24) is 0 Å². The van der Waals surface area contributed by atoms with Crippen molar-refractivity contribution in [2.45, 2.75) is 44.6 Å². The van der Waals surface area contributed by atoms with E-state index in [1.54, 1.807) is 6.07 Å². The summed E-state index contributed by atoms with van der Waals surface area (Å²) in [6.07, 6.45) is 4.96. The number of rotatable bonds is 2. The summed E-state index contributed by atoms with van der Waals surface area (Å²) in [5.74, 6) is 0.00871. The SMILES string of the molecule is CCC1CCCCC1(O)c1cccc(F)c1. The quantitative estimate of drug-likeness (QED) is 0.810. The first-order valence-corrected chi connectivity index (χ1v) is 6.15. The molecular formula is C14H19FO. The van der Waals surface area contributed by atoms with Crippen molar-refractivity contribution < 1.29 is 9.50 Å². The van der Waals surface area contributed by atoms with Crippen LogP contribution in [0.15, 0.2) is 24.3 Å². The van der Waals surface area contributed by atoms with Gasteiger partial charge in [0.15, 0.2) is 0 Å². The second-order valence-corrected chi connectivity index (χ2v) is 4.79. The Morgan fingerprint density at radius 3 is 2.94 bits per heavy atom. The minimum Gasteiger partial charge on any atom is -0.385 e. The first-order valence-electron chi connectivity index (χ1n) is 6.15. The maximum Gasteiger partial charge on any atom is 0.123 e. The fraction of sp³-hybridized carbons (Fsp3) is 0.571. The third kappa shape index (κ3) is 1.99. The highest BCUT2D eigenvalue weighted by atomic mass is 19.1. The van der Waals surface area contributed by atoms with E-state index in [1.165, 1.54) is 18.6 Å². The Balaban J connectivity index is 2.34. The zero-order valence-corrected chi connectivity index (χ0v) is 9.75. The van der Waals surface area contributed by atoms with E-state index < -0.39 is 5.60 Å². The van der Waals surface area contributed by atoms with E-state index in [-0.39, 0.29) is 11.7 Å². The van der Waals surface area contributed by atoms with Crippen molar-refractivity contribution in [3.63, 3.8) is 0 Å². The molecule has 1 aromatic carbocycles. The second kappa shape index (κ2) is 4.54. The Kier molecular flexibility index (Phi) is 3.29. The Morgan fingerprint density at radius 1 is 1.44 bits per heavy atom. The monoisotopic (exact) mass is 222 g/mol. The van der Waals surface area contributed by atoms with E-state index in [4.69, 9.17) is 0 Å². The Bertz CT molecular complexity index is 364. The van der Waals surface area contributed by atoms with Gasteiger partial charge in [0.2, 0.25) is 0 Å². The zero-order valence-electron chi connectivity index (χ0n) is 9.75. The molecule has 0 amide bonds. The standard InChI is InChI=1S/C14H19FO/c1-2-11-6-3-4-9-14(11,16)12-7-5-8-13(15)10-12/h5,7-8,10-11,16H,2-4,6,9H2,1H3. The highest BCUT2D eigenvalue weighted by Gasteiger charge is 2.39. The van der Waals surface area contributed by atoms with Crippen LogP contribution >= 0.6 is 0 Å². The molecule has 1 N–H and O–H groups in total. The van der Waals surface area contributed by atoms with Crippen molar-refractivity contribution in [3.05, 3.63) is 35.6 Å². The molecule has 88 valence electrons. The summed E-state index contributed by atoms with van der Waals surface area (Å²) in [6, 6.07) is 6.44. The van der Waals surface area contributed by atoms with Gasteiger partial charge in [-0.2, -0.15) is 0 Å². The fourth-order valence-corrected chi connectivity index (χ4v) is 2.91. The fourth-order valence-electron chi connectivity index (χ4n) is 2.91. The van der Waals surface area contributed by atoms with Gasteiger partial charge in [0, 0.05) is 0 Å². The van der Waals surface area contributed by atoms with Crippen LogP contribution in [0.5, 0.6) is 0 Å². The van der Waals surface area contributed by atoms with E-state index in [2.05, 4.69) is 6.92 Å². The molecule has 0 bridgehead atoms. The van der Waals surface area contributed by atoms with Crippen LogP contribution in [0.25, 0.3) is 0 Å². The number of benzene rings is 1. The molecule has 2 atom stereocenters. The first-order chi connectivity index (χ1) is 7.66. The van der Waals surface area contributed by atoms with Gasteiger partial charge in [-0.15, -0.1) is 0 Å². The van der Waals surface area contributed by atoms with E-state index >= 15 is 0 Å². The van der Waals surface area contributed by atoms with Gasteiger partial charge in [-0.3, -0.25) is 0 Å². The topological polar surface area (TPSA) is 20.2 Å². The zero-order chi connectivity index (χ0) is 11.6. The van der Waals surface area contributed by atoms with Gasteiger partial charge in [0.05, 0.1) is 5.60 Å². The molecule has 1 fully saturated rings. The van der Waals surface area contributed by atoms with Crippen LogP contribution in [-0.2, 0) is 5.60 Å². The van der Waals surface area contributed by atoms with Gasteiger partial charge >= 0.3 is 0 Å². The summed E-state index contributed by atoms with van der Waals surface area (Å²) in [4.78, 5) is 0. The average Bonchev–Trinajstić information content (AvgIpc) is 2.30. The van der Waals surface area contributed by atoms with Crippen LogP contribution < -0.4 is 0 Å². The summed E-state index contributed by atoms with van der Waals surface area (Å²) in [7, 11) is 0. The molecule has 16 heavy (non-hydrogen) atoms. The second-order valence-electron chi connectivity index (χ2n) is 4.79. The first kappa shape index (κ1) is 11.6. The number of hydrogen-bond acceptors (Lipinski definition) is 1. The minimum atomic E-state index is -0.810. The molecule has 1 aliphatic carbocycles. The molecule has 1 aromatic rings. The van der Waals surface area contributed by atoms with Crippen LogP contribution in [-0.4, -0.2) is 5.11 Å². The number of halogens is 1. The van der Waals surface area contributed by atoms with Gasteiger partial charge in [-0.25, -0.2) is 4.39 Å². The maximum atomic E-state index is 13.2. The van der Waals surface area contributed by atoms with Crippen LogP contribution in [0.4, 0.5) is 4.39 Å². The van der Waals surface area contributed by atoms with E-state index in [0.717, 1.165) is 31.2 Å². The van der Waals surface area contributed by atoms with E-state index in [9.17, 15) is 9.50 Å². The average molecular weight is 222 g/mol. The molecule has 1 nitrogen and oxygen atoms in total. The van der Waals surface area contributed by atoms with Crippen LogP contribution in [0.3, 0.4) is 0 Å². The molecule has 2 rings (SSSR count). The third-order valence-electron chi connectivity index (χ3n) is 3.85. The number of aliphatic hydroxyl groups is 1. The highest BCUT2D eigenvalue weighted by Crippen LogP contribution is 2.43. The molecule has 2 unspecified atom stereocenters. The summed E-state index contributed by atoms with van der Waals surface area (Å²) in [5, 5.41) is 10.8. The van der Waals surface area contributed by atoms with Crippen LogP contribution in [0, 0.1) is 11.7 Å². The predicted molar refractivity (Wildman–Crippen MR) is 62.5 cm³/mol. The molecule has 2 heteroatoms. The Morgan fingerprint density at radius 2 is 2.25 bits per heavy atom. The number of hydrogen-bond donors (Lipinski definition) is 1. The van der Waals surface area contributed by atoms with Crippen molar-refractivity contribution in [1.29, 1.82) is 0 Å². The minimum absolute atomic E-state index is 0.258. The van der Waals surface area contributed by atoms with E-state index in [0.29, 0.717) is 0 Å². The highest BCUT2D eigenvalue weighted by molar-refractivity contribution is 5.24. The molecule has 0 radical (unpaired) electrons. The van der Waals surface area contributed by atoms with Crippen LogP contribution in [0.1, 0.15) is 44.6 Å². The van der Waals surface area contributed by atoms with Gasteiger partial charge in [-0.05, 0) is 36.5 Å². The van der Waals surface area contributed by atoms with Gasteiger partial charge in [0.1, 0.15) is 5.82 Å². The van der Waals surface area contributed by atoms with E-state index in [1.807, 2.05) is 6.07 Å². The maximum absolute atomic E-state index is 13.2. The largest absolute Gasteiger partial charge is 0.385 e. The summed E-state index contributed by atoms with van der Waals surface area (Å²) in [6.45, 7) is 2.10. The van der Waals surface area contributed by atoms with Crippen molar-refractivity contribution in [2.24, 2.45) is 5.92 Å². The van der Waals surface area contributed by atoms with Crippen LogP contribution in [0.2, 0.25) is 0 Å². The molecule has 0 spiro atoms.